The molecule has 1 aliphatic rings. The van der Waals surface area contributed by atoms with Gasteiger partial charge >= 0.3 is 0 Å². The van der Waals surface area contributed by atoms with Crippen LogP contribution in [0.25, 0.3) is 0 Å². The first kappa shape index (κ1) is 12.6. The lowest BCUT2D eigenvalue weighted by Gasteiger charge is -2.33. The highest BCUT2D eigenvalue weighted by molar-refractivity contribution is 5.13. The molecule has 0 heterocycles. The minimum Gasteiger partial charge on any atom is -0.396 e. The van der Waals surface area contributed by atoms with Crippen LogP contribution in [0.15, 0.2) is 30.3 Å². The molecule has 1 aromatic rings. The summed E-state index contributed by atoms with van der Waals surface area (Å²) < 4.78 is 5.75. The Morgan fingerprint density at radius 3 is 2.65 bits per heavy atom. The van der Waals surface area contributed by atoms with Gasteiger partial charge in [-0.25, -0.2) is 0 Å². The van der Waals surface area contributed by atoms with Gasteiger partial charge in [0.05, 0.1) is 18.8 Å². The molecule has 0 amide bonds. The van der Waals surface area contributed by atoms with Crippen molar-refractivity contribution in [1.82, 2.24) is 0 Å². The maximum Gasteiger partial charge on any atom is 0.0851 e. The van der Waals surface area contributed by atoms with Crippen molar-refractivity contribution < 1.29 is 14.9 Å². The van der Waals surface area contributed by atoms with Crippen LogP contribution in [0.2, 0.25) is 0 Å². The second-order valence-electron chi connectivity index (χ2n) is 4.70. The lowest BCUT2D eigenvalue weighted by Crippen LogP contribution is -2.40. The summed E-state index contributed by atoms with van der Waals surface area (Å²) in [6.45, 7) is 0.576. The van der Waals surface area contributed by atoms with E-state index in [1.54, 1.807) is 0 Å². The second-order valence-corrected chi connectivity index (χ2v) is 4.70. The van der Waals surface area contributed by atoms with Crippen molar-refractivity contribution in [3.05, 3.63) is 35.9 Å². The number of benzene rings is 1. The predicted octanol–water partition coefficient (Wildman–Crippen LogP) is 1.73. The van der Waals surface area contributed by atoms with Crippen LogP contribution in [-0.4, -0.2) is 29.0 Å². The first-order chi connectivity index (χ1) is 8.31. The van der Waals surface area contributed by atoms with E-state index < -0.39 is 6.10 Å². The van der Waals surface area contributed by atoms with E-state index in [1.165, 1.54) is 0 Å². The van der Waals surface area contributed by atoms with Gasteiger partial charge in [0.25, 0.3) is 0 Å². The van der Waals surface area contributed by atoms with Gasteiger partial charge < -0.3 is 14.9 Å². The lowest BCUT2D eigenvalue weighted by atomic mass is 9.85. The molecule has 1 aromatic carbocycles. The van der Waals surface area contributed by atoms with Gasteiger partial charge in [-0.15, -0.1) is 0 Å². The molecule has 0 aliphatic heterocycles. The van der Waals surface area contributed by atoms with Crippen LogP contribution >= 0.6 is 0 Å². The summed E-state index contributed by atoms with van der Waals surface area (Å²) in [7, 11) is 0. The van der Waals surface area contributed by atoms with Gasteiger partial charge in [0.2, 0.25) is 0 Å². The summed E-state index contributed by atoms with van der Waals surface area (Å²) in [5.41, 5.74) is 1.12. The maximum atomic E-state index is 10.0. The fourth-order valence-corrected chi connectivity index (χ4v) is 2.39. The molecule has 17 heavy (non-hydrogen) atoms. The van der Waals surface area contributed by atoms with Crippen molar-refractivity contribution >= 4 is 0 Å². The van der Waals surface area contributed by atoms with Crippen molar-refractivity contribution in [2.45, 2.75) is 38.1 Å². The molecule has 0 spiro atoms. The molecule has 3 heteroatoms. The Bertz CT molecular complexity index is 325. The summed E-state index contributed by atoms with van der Waals surface area (Å²) in [6, 6.07) is 9.96. The minimum atomic E-state index is -0.530. The van der Waals surface area contributed by atoms with Crippen molar-refractivity contribution in [2.24, 2.45) is 5.92 Å². The van der Waals surface area contributed by atoms with Crippen LogP contribution < -0.4 is 0 Å². The standard InChI is InChI=1S/C14H20O3/c15-9-12-7-4-8-13(14(12)16)17-10-11-5-2-1-3-6-11/h1-3,5-6,12-16H,4,7-10H2/t12?,13-,14+/m1/s1. The smallest absolute Gasteiger partial charge is 0.0851 e. The van der Waals surface area contributed by atoms with E-state index >= 15 is 0 Å². The number of aliphatic hydroxyl groups excluding tert-OH is 2. The fraction of sp³-hybridized carbons (Fsp3) is 0.571. The monoisotopic (exact) mass is 236 g/mol. The molecular formula is C14H20O3. The first-order valence-corrected chi connectivity index (χ1v) is 6.25. The number of hydrogen-bond donors (Lipinski definition) is 2. The van der Waals surface area contributed by atoms with E-state index in [4.69, 9.17) is 9.84 Å². The molecule has 2 rings (SSSR count). The summed E-state index contributed by atoms with van der Waals surface area (Å²) in [4.78, 5) is 0. The molecule has 0 radical (unpaired) electrons. The van der Waals surface area contributed by atoms with Crippen molar-refractivity contribution in [1.29, 1.82) is 0 Å². The third-order valence-electron chi connectivity index (χ3n) is 3.47. The van der Waals surface area contributed by atoms with Crippen LogP contribution in [0.5, 0.6) is 0 Å². The Morgan fingerprint density at radius 2 is 1.94 bits per heavy atom. The SMILES string of the molecule is OCC1CCC[C@@H](OCc2ccccc2)[C@H]1O. The first-order valence-electron chi connectivity index (χ1n) is 6.25. The van der Waals surface area contributed by atoms with Gasteiger partial charge in [-0.1, -0.05) is 36.8 Å². The van der Waals surface area contributed by atoms with E-state index in [1.807, 2.05) is 30.3 Å². The number of rotatable bonds is 4. The van der Waals surface area contributed by atoms with Gasteiger partial charge in [0.15, 0.2) is 0 Å². The van der Waals surface area contributed by atoms with Crippen molar-refractivity contribution in [2.75, 3.05) is 6.61 Å². The average Bonchev–Trinajstić information content (AvgIpc) is 2.39. The molecule has 94 valence electrons. The molecule has 1 unspecified atom stereocenters. The highest BCUT2D eigenvalue weighted by atomic mass is 16.5. The van der Waals surface area contributed by atoms with Gasteiger partial charge in [-0.3, -0.25) is 0 Å². The molecule has 1 saturated carbocycles. The van der Waals surface area contributed by atoms with E-state index in [2.05, 4.69) is 0 Å². The largest absolute Gasteiger partial charge is 0.396 e. The summed E-state index contributed by atoms with van der Waals surface area (Å²) >= 11 is 0. The zero-order valence-corrected chi connectivity index (χ0v) is 9.96. The number of hydrogen-bond acceptors (Lipinski definition) is 3. The molecule has 1 fully saturated rings. The molecule has 0 aromatic heterocycles. The predicted molar refractivity (Wildman–Crippen MR) is 65.5 cm³/mol. The van der Waals surface area contributed by atoms with Crippen LogP contribution in [0.4, 0.5) is 0 Å². The lowest BCUT2D eigenvalue weighted by molar-refractivity contribution is -0.0996. The molecule has 3 nitrogen and oxygen atoms in total. The van der Waals surface area contributed by atoms with Crippen LogP contribution in [0, 0.1) is 5.92 Å². The van der Waals surface area contributed by atoms with E-state index in [0.29, 0.717) is 6.61 Å². The third kappa shape index (κ3) is 3.28. The molecular weight excluding hydrogens is 216 g/mol. The Labute approximate surface area is 102 Å². The highest BCUT2D eigenvalue weighted by Gasteiger charge is 2.31. The Balaban J connectivity index is 1.86. The van der Waals surface area contributed by atoms with Gasteiger partial charge in [0.1, 0.15) is 0 Å². The van der Waals surface area contributed by atoms with E-state index in [0.717, 1.165) is 24.8 Å². The molecule has 1 aliphatic carbocycles. The quantitative estimate of drug-likeness (QED) is 0.837. The number of aliphatic hydroxyl groups is 2. The Morgan fingerprint density at radius 1 is 1.18 bits per heavy atom. The average molecular weight is 236 g/mol. The minimum absolute atomic E-state index is 0.0236. The highest BCUT2D eigenvalue weighted by Crippen LogP contribution is 2.27. The Hall–Kier alpha value is -0.900. The topological polar surface area (TPSA) is 49.7 Å². The molecule has 2 N–H and O–H groups in total. The van der Waals surface area contributed by atoms with Crippen LogP contribution in [-0.2, 0) is 11.3 Å². The van der Waals surface area contributed by atoms with Gasteiger partial charge in [0, 0.05) is 12.5 Å². The van der Waals surface area contributed by atoms with Crippen molar-refractivity contribution in [3.63, 3.8) is 0 Å². The zero-order chi connectivity index (χ0) is 12.1. The van der Waals surface area contributed by atoms with Crippen LogP contribution in [0.3, 0.4) is 0 Å². The van der Waals surface area contributed by atoms with E-state index in [9.17, 15) is 5.11 Å². The van der Waals surface area contributed by atoms with Crippen LogP contribution in [0.1, 0.15) is 24.8 Å². The molecule has 3 atom stereocenters. The fourth-order valence-electron chi connectivity index (χ4n) is 2.39. The zero-order valence-electron chi connectivity index (χ0n) is 9.96. The van der Waals surface area contributed by atoms with Crippen molar-refractivity contribution in [3.8, 4) is 0 Å². The van der Waals surface area contributed by atoms with E-state index in [-0.39, 0.29) is 18.6 Å². The third-order valence-corrected chi connectivity index (χ3v) is 3.47. The number of ether oxygens (including phenoxy) is 1. The van der Waals surface area contributed by atoms with Gasteiger partial charge in [-0.05, 0) is 18.4 Å². The molecule has 0 saturated heterocycles. The summed E-state index contributed by atoms with van der Waals surface area (Å²) in [6.07, 6.45) is 2.12. The summed E-state index contributed by atoms with van der Waals surface area (Å²) in [5.74, 6) is -0.0236. The molecule has 0 bridgehead atoms. The van der Waals surface area contributed by atoms with Gasteiger partial charge in [-0.2, -0.15) is 0 Å². The normalized spacial score (nSPS) is 29.2. The Kier molecular flexibility index (Phi) is 4.54. The summed E-state index contributed by atoms with van der Waals surface area (Å²) in [5, 5.41) is 19.2. The second kappa shape index (κ2) is 6.15. The maximum absolute atomic E-state index is 10.0.